The Morgan fingerprint density at radius 1 is 0.923 bits per heavy atom. The average Bonchev–Trinajstić information content (AvgIpc) is 3.03. The normalized spacial score (nSPS) is 14.6. The molecule has 0 atom stereocenters. The van der Waals surface area contributed by atoms with Crippen LogP contribution in [0, 0.1) is 0 Å². The van der Waals surface area contributed by atoms with Gasteiger partial charge in [0, 0.05) is 19.8 Å². The lowest BCUT2D eigenvalue weighted by Gasteiger charge is -2.24. The molecule has 0 saturated heterocycles. The van der Waals surface area contributed by atoms with E-state index in [-0.39, 0.29) is 0 Å². The largest absolute Gasteiger partial charge is 0.434 e. The van der Waals surface area contributed by atoms with E-state index in [1.54, 1.807) is 14.2 Å². The van der Waals surface area contributed by atoms with Crippen LogP contribution in [0.5, 0.6) is 5.75 Å². The van der Waals surface area contributed by atoms with Gasteiger partial charge in [0.25, 0.3) is 0 Å². The molecule has 0 fully saturated rings. The zero-order valence-corrected chi connectivity index (χ0v) is 14.9. The van der Waals surface area contributed by atoms with Gasteiger partial charge in [0.2, 0.25) is 0 Å². The highest BCUT2D eigenvalue weighted by Gasteiger charge is 2.46. The lowest BCUT2D eigenvalue weighted by molar-refractivity contribution is -0.272. The molecular formula is C23H20O3. The van der Waals surface area contributed by atoms with Gasteiger partial charge in [-0.2, -0.15) is 0 Å². The molecule has 3 heteroatoms. The third kappa shape index (κ3) is 2.73. The monoisotopic (exact) mass is 344 g/mol. The summed E-state index contributed by atoms with van der Waals surface area (Å²) in [5.74, 6) is -0.539. The first-order valence-electron chi connectivity index (χ1n) is 8.58. The predicted molar refractivity (Wildman–Crippen MR) is 103 cm³/mol. The van der Waals surface area contributed by atoms with Gasteiger partial charge in [-0.3, -0.25) is 0 Å². The van der Waals surface area contributed by atoms with E-state index in [1.165, 1.54) is 5.56 Å². The number of hydrogen-bond donors (Lipinski definition) is 0. The zero-order valence-electron chi connectivity index (χ0n) is 14.9. The quantitative estimate of drug-likeness (QED) is 0.494. The molecule has 0 aromatic heterocycles. The molecule has 0 bridgehead atoms. The molecule has 0 aliphatic carbocycles. The lowest BCUT2D eigenvalue weighted by atomic mass is 9.98. The van der Waals surface area contributed by atoms with Crippen LogP contribution in [0.3, 0.4) is 0 Å². The predicted octanol–water partition coefficient (Wildman–Crippen LogP) is 4.96. The van der Waals surface area contributed by atoms with E-state index in [1.807, 2.05) is 48.5 Å². The van der Waals surface area contributed by atoms with Gasteiger partial charge < -0.3 is 14.2 Å². The van der Waals surface area contributed by atoms with Gasteiger partial charge in [-0.25, -0.2) is 0 Å². The summed E-state index contributed by atoms with van der Waals surface area (Å²) < 4.78 is 17.3. The van der Waals surface area contributed by atoms with E-state index in [2.05, 4.69) is 30.0 Å². The lowest BCUT2D eigenvalue weighted by Crippen LogP contribution is -2.37. The highest BCUT2D eigenvalue weighted by molar-refractivity contribution is 5.99. The number of hydrogen-bond acceptors (Lipinski definition) is 3. The zero-order chi connectivity index (χ0) is 18.0. The van der Waals surface area contributed by atoms with Gasteiger partial charge in [-0.05, 0) is 34.9 Å². The summed E-state index contributed by atoms with van der Waals surface area (Å²) in [5, 5.41) is 2.23. The van der Waals surface area contributed by atoms with Gasteiger partial charge in [0.05, 0.1) is 0 Å². The van der Waals surface area contributed by atoms with E-state index in [9.17, 15) is 0 Å². The molecule has 0 saturated carbocycles. The minimum Gasteiger partial charge on any atom is -0.434 e. The molecule has 3 aromatic rings. The molecule has 3 aromatic carbocycles. The second kappa shape index (κ2) is 6.81. The van der Waals surface area contributed by atoms with Crippen molar-refractivity contribution in [2.75, 3.05) is 14.2 Å². The molecular weight excluding hydrogens is 324 g/mol. The van der Waals surface area contributed by atoms with Crippen molar-refractivity contribution in [3.05, 3.63) is 89.7 Å². The van der Waals surface area contributed by atoms with E-state index >= 15 is 0 Å². The summed E-state index contributed by atoms with van der Waals surface area (Å²) >= 11 is 0. The molecule has 1 aliphatic heterocycles. The van der Waals surface area contributed by atoms with Crippen LogP contribution in [0.25, 0.3) is 16.3 Å². The Bertz CT molecular complexity index is 994. The Hall–Kier alpha value is -2.84. The fourth-order valence-corrected chi connectivity index (χ4v) is 3.36. The molecule has 130 valence electrons. The summed E-state index contributed by atoms with van der Waals surface area (Å²) in [6.07, 6.45) is 2.77. The number of fused-ring (bicyclic) bond motifs is 3. The van der Waals surface area contributed by atoms with Crippen molar-refractivity contribution in [2.24, 2.45) is 0 Å². The van der Waals surface area contributed by atoms with Crippen LogP contribution in [-0.2, 0) is 15.9 Å². The summed E-state index contributed by atoms with van der Waals surface area (Å²) in [5.41, 5.74) is 6.33. The maximum Gasteiger partial charge on any atom is 0.364 e. The third-order valence-corrected chi connectivity index (χ3v) is 4.66. The fraction of sp³-hybridized carbons (Fsp3) is 0.174. The van der Waals surface area contributed by atoms with Crippen molar-refractivity contribution in [2.45, 2.75) is 12.4 Å². The molecule has 1 aliphatic rings. The first-order chi connectivity index (χ1) is 12.8. The summed E-state index contributed by atoms with van der Waals surface area (Å²) in [7, 11) is 3.16. The van der Waals surface area contributed by atoms with Crippen LogP contribution in [0.4, 0.5) is 0 Å². The second-order valence-corrected chi connectivity index (χ2v) is 6.14. The van der Waals surface area contributed by atoms with E-state index in [0.717, 1.165) is 34.1 Å². The SMILES string of the molecule is COC1(OC)Oc2ccc3ccccc3c2C1=C=CCc1ccccc1. The standard InChI is InChI=1S/C23H20O3/c1-24-23(25-2)20(14-8-11-17-9-4-3-5-10-17)22-19-13-7-6-12-18(19)15-16-21(22)26-23/h3-10,12-13,15-16H,11H2,1-2H3. The van der Waals surface area contributed by atoms with Crippen molar-refractivity contribution in [3.8, 4) is 5.75 Å². The summed E-state index contributed by atoms with van der Waals surface area (Å²) in [4.78, 5) is 0. The van der Waals surface area contributed by atoms with E-state index in [4.69, 9.17) is 14.2 Å². The van der Waals surface area contributed by atoms with Gasteiger partial charge in [-0.1, -0.05) is 60.7 Å². The Morgan fingerprint density at radius 3 is 2.42 bits per heavy atom. The Morgan fingerprint density at radius 2 is 1.65 bits per heavy atom. The van der Waals surface area contributed by atoms with Crippen LogP contribution in [0.1, 0.15) is 11.1 Å². The van der Waals surface area contributed by atoms with Gasteiger partial charge >= 0.3 is 5.97 Å². The topological polar surface area (TPSA) is 27.7 Å². The first kappa shape index (κ1) is 16.6. The Kier molecular flexibility index (Phi) is 4.36. The van der Waals surface area contributed by atoms with E-state index in [0.29, 0.717) is 0 Å². The van der Waals surface area contributed by atoms with Crippen LogP contribution in [0.15, 0.2) is 78.5 Å². The highest BCUT2D eigenvalue weighted by atomic mass is 16.9. The molecule has 3 nitrogen and oxygen atoms in total. The van der Waals surface area contributed by atoms with Crippen LogP contribution in [0.2, 0.25) is 0 Å². The van der Waals surface area contributed by atoms with Gasteiger partial charge in [0.1, 0.15) is 11.3 Å². The summed E-state index contributed by atoms with van der Waals surface area (Å²) in [6, 6.07) is 22.5. The molecule has 0 unspecified atom stereocenters. The molecule has 0 spiro atoms. The minimum absolute atomic E-state index is 0.739. The molecule has 0 radical (unpaired) electrons. The maximum absolute atomic E-state index is 6.05. The molecule has 0 amide bonds. The number of methoxy groups -OCH3 is 2. The first-order valence-corrected chi connectivity index (χ1v) is 8.58. The van der Waals surface area contributed by atoms with Gasteiger partial charge in [-0.15, -0.1) is 5.73 Å². The maximum atomic E-state index is 6.05. The van der Waals surface area contributed by atoms with Crippen molar-refractivity contribution in [3.63, 3.8) is 0 Å². The molecule has 0 N–H and O–H groups in total. The van der Waals surface area contributed by atoms with Gasteiger partial charge in [0.15, 0.2) is 0 Å². The average molecular weight is 344 g/mol. The highest BCUT2D eigenvalue weighted by Crippen LogP contribution is 2.47. The van der Waals surface area contributed by atoms with Crippen LogP contribution >= 0.6 is 0 Å². The number of benzene rings is 3. The third-order valence-electron chi connectivity index (χ3n) is 4.66. The number of ether oxygens (including phenoxy) is 3. The summed E-state index contributed by atoms with van der Waals surface area (Å²) in [6.45, 7) is 0. The Labute approximate surface area is 153 Å². The van der Waals surface area contributed by atoms with Crippen LogP contribution < -0.4 is 4.74 Å². The minimum atomic E-state index is -1.28. The van der Waals surface area contributed by atoms with Crippen LogP contribution in [-0.4, -0.2) is 20.2 Å². The van der Waals surface area contributed by atoms with E-state index < -0.39 is 5.97 Å². The molecule has 1 heterocycles. The second-order valence-electron chi connectivity index (χ2n) is 6.14. The number of rotatable bonds is 4. The molecule has 26 heavy (non-hydrogen) atoms. The molecule has 4 rings (SSSR count). The fourth-order valence-electron chi connectivity index (χ4n) is 3.36. The Balaban J connectivity index is 1.87. The van der Waals surface area contributed by atoms with Crippen molar-refractivity contribution < 1.29 is 14.2 Å². The van der Waals surface area contributed by atoms with Crippen molar-refractivity contribution >= 4 is 16.3 Å². The van der Waals surface area contributed by atoms with Crippen molar-refractivity contribution in [1.82, 2.24) is 0 Å². The van der Waals surface area contributed by atoms with Crippen molar-refractivity contribution in [1.29, 1.82) is 0 Å². The smallest absolute Gasteiger partial charge is 0.364 e.